The molecule has 1 aliphatic rings. The van der Waals surface area contributed by atoms with E-state index in [1.165, 1.54) is 11.3 Å². The first-order valence-electron chi connectivity index (χ1n) is 4.36. The van der Waals surface area contributed by atoms with Crippen LogP contribution in [0.1, 0.15) is 17.7 Å². The van der Waals surface area contributed by atoms with Crippen molar-refractivity contribution in [2.24, 2.45) is 0 Å². The molecule has 0 bridgehead atoms. The Labute approximate surface area is 80.8 Å². The third-order valence-corrected chi connectivity index (χ3v) is 3.43. The van der Waals surface area contributed by atoms with Gasteiger partial charge in [0.2, 0.25) is 0 Å². The minimum Gasteiger partial charge on any atom is -0.384 e. The molecule has 1 aromatic rings. The van der Waals surface area contributed by atoms with E-state index < -0.39 is 5.60 Å². The van der Waals surface area contributed by atoms with Crippen molar-refractivity contribution in [3.05, 3.63) is 11.1 Å². The molecule has 0 atom stereocenters. The number of nitrogen functional groups attached to an aromatic ring is 1. The Kier molecular flexibility index (Phi) is 2.23. The number of nitrogens with zero attached hydrogens (tertiary/aromatic N) is 1. The Morgan fingerprint density at radius 2 is 2.23 bits per heavy atom. The van der Waals surface area contributed by atoms with Gasteiger partial charge in [-0.3, -0.25) is 0 Å². The first kappa shape index (κ1) is 8.93. The van der Waals surface area contributed by atoms with Crippen LogP contribution in [0.4, 0.5) is 5.13 Å². The van der Waals surface area contributed by atoms with Crippen molar-refractivity contribution in [3.63, 3.8) is 0 Å². The molecule has 13 heavy (non-hydrogen) atoms. The fourth-order valence-corrected chi connectivity index (χ4v) is 2.42. The van der Waals surface area contributed by atoms with E-state index in [0.717, 1.165) is 30.8 Å². The third kappa shape index (κ3) is 1.67. The maximum absolute atomic E-state index is 10.2. The van der Waals surface area contributed by atoms with E-state index in [1.807, 2.05) is 0 Å². The summed E-state index contributed by atoms with van der Waals surface area (Å²) in [5, 5.41) is 14.0. The van der Waals surface area contributed by atoms with Gasteiger partial charge in [0.15, 0.2) is 5.13 Å². The van der Waals surface area contributed by atoms with E-state index in [0.29, 0.717) is 5.13 Å². The van der Waals surface area contributed by atoms with Crippen molar-refractivity contribution in [2.75, 3.05) is 18.8 Å². The molecule has 0 saturated carbocycles. The smallest absolute Gasteiger partial charge is 0.180 e. The minimum atomic E-state index is -0.694. The van der Waals surface area contributed by atoms with E-state index in [9.17, 15) is 5.11 Å². The van der Waals surface area contributed by atoms with E-state index in [-0.39, 0.29) is 0 Å². The molecule has 72 valence electrons. The molecule has 1 aromatic heterocycles. The quantitative estimate of drug-likeness (QED) is 0.608. The van der Waals surface area contributed by atoms with Gasteiger partial charge in [-0.2, -0.15) is 0 Å². The zero-order valence-electron chi connectivity index (χ0n) is 7.29. The molecule has 1 aliphatic heterocycles. The second kappa shape index (κ2) is 3.25. The molecule has 2 heterocycles. The summed E-state index contributed by atoms with van der Waals surface area (Å²) in [4.78, 5) is 4.85. The van der Waals surface area contributed by atoms with Crippen LogP contribution in [-0.2, 0) is 5.60 Å². The summed E-state index contributed by atoms with van der Waals surface area (Å²) in [6.45, 7) is 1.71. The normalized spacial score (nSPS) is 21.6. The second-order valence-corrected chi connectivity index (χ2v) is 4.41. The molecule has 4 N–H and O–H groups in total. The summed E-state index contributed by atoms with van der Waals surface area (Å²) in [6.07, 6.45) is 3.18. The Morgan fingerprint density at radius 1 is 1.54 bits per heavy atom. The van der Waals surface area contributed by atoms with Crippen LogP contribution in [0.15, 0.2) is 6.20 Å². The highest BCUT2D eigenvalue weighted by molar-refractivity contribution is 7.15. The predicted molar refractivity (Wildman–Crippen MR) is 52.5 cm³/mol. The van der Waals surface area contributed by atoms with Gasteiger partial charge in [-0.25, -0.2) is 4.98 Å². The Balaban J connectivity index is 2.22. The number of nitrogens with two attached hydrogens (primary N) is 1. The number of aliphatic hydroxyl groups is 1. The maximum Gasteiger partial charge on any atom is 0.180 e. The van der Waals surface area contributed by atoms with Gasteiger partial charge in [-0.15, -0.1) is 0 Å². The summed E-state index contributed by atoms with van der Waals surface area (Å²) in [5.41, 5.74) is 4.83. The summed E-state index contributed by atoms with van der Waals surface area (Å²) in [5.74, 6) is 0. The van der Waals surface area contributed by atoms with Crippen LogP contribution in [0, 0.1) is 0 Å². The third-order valence-electron chi connectivity index (χ3n) is 2.41. The molecule has 2 rings (SSSR count). The number of hydrogen-bond acceptors (Lipinski definition) is 5. The van der Waals surface area contributed by atoms with Gasteiger partial charge in [-0.05, 0) is 25.9 Å². The molecule has 0 aliphatic carbocycles. The average Bonchev–Trinajstić information content (AvgIpc) is 2.54. The van der Waals surface area contributed by atoms with Crippen molar-refractivity contribution in [1.29, 1.82) is 0 Å². The SMILES string of the molecule is Nc1ncc(C2(O)CCNCC2)s1. The van der Waals surface area contributed by atoms with Crippen molar-refractivity contribution in [3.8, 4) is 0 Å². The molecule has 0 aromatic carbocycles. The molecule has 0 unspecified atom stereocenters. The van der Waals surface area contributed by atoms with Crippen LogP contribution in [0.2, 0.25) is 0 Å². The van der Waals surface area contributed by atoms with Gasteiger partial charge >= 0.3 is 0 Å². The predicted octanol–water partition coefficient (Wildman–Crippen LogP) is 0.296. The van der Waals surface area contributed by atoms with Crippen molar-refractivity contribution in [2.45, 2.75) is 18.4 Å². The minimum absolute atomic E-state index is 0.530. The number of rotatable bonds is 1. The highest BCUT2D eigenvalue weighted by atomic mass is 32.1. The van der Waals surface area contributed by atoms with Gasteiger partial charge in [0, 0.05) is 6.20 Å². The number of aromatic nitrogens is 1. The summed E-state index contributed by atoms with van der Waals surface area (Å²) in [6, 6.07) is 0. The summed E-state index contributed by atoms with van der Waals surface area (Å²) < 4.78 is 0. The molecule has 0 amide bonds. The van der Waals surface area contributed by atoms with E-state index in [4.69, 9.17) is 5.73 Å². The van der Waals surface area contributed by atoms with Crippen molar-refractivity contribution < 1.29 is 5.11 Å². The number of nitrogens with one attached hydrogen (secondary N) is 1. The highest BCUT2D eigenvalue weighted by Crippen LogP contribution is 2.34. The Bertz CT molecular complexity index is 293. The number of thiazole rings is 1. The topological polar surface area (TPSA) is 71.2 Å². The summed E-state index contributed by atoms with van der Waals surface area (Å²) >= 11 is 1.38. The zero-order valence-corrected chi connectivity index (χ0v) is 8.10. The maximum atomic E-state index is 10.2. The molecular formula is C8H13N3OS. The molecular weight excluding hydrogens is 186 g/mol. The summed E-state index contributed by atoms with van der Waals surface area (Å²) in [7, 11) is 0. The lowest BCUT2D eigenvalue weighted by atomic mass is 9.91. The van der Waals surface area contributed by atoms with Crippen molar-refractivity contribution >= 4 is 16.5 Å². The molecule has 0 radical (unpaired) electrons. The van der Waals surface area contributed by atoms with Crippen LogP contribution in [-0.4, -0.2) is 23.2 Å². The van der Waals surface area contributed by atoms with Crippen LogP contribution in [0.5, 0.6) is 0 Å². The average molecular weight is 199 g/mol. The molecule has 1 saturated heterocycles. The lowest BCUT2D eigenvalue weighted by molar-refractivity contribution is 0.00925. The van der Waals surface area contributed by atoms with Crippen molar-refractivity contribution in [1.82, 2.24) is 10.3 Å². The van der Waals surface area contributed by atoms with E-state index >= 15 is 0 Å². The monoisotopic (exact) mass is 199 g/mol. The highest BCUT2D eigenvalue weighted by Gasteiger charge is 2.32. The Hall–Kier alpha value is -0.650. The number of anilines is 1. The fraction of sp³-hybridized carbons (Fsp3) is 0.625. The fourth-order valence-electron chi connectivity index (χ4n) is 1.59. The second-order valence-electron chi connectivity index (χ2n) is 3.34. The van der Waals surface area contributed by atoms with Gasteiger partial charge in [0.25, 0.3) is 0 Å². The van der Waals surface area contributed by atoms with Crippen LogP contribution >= 0.6 is 11.3 Å². The van der Waals surface area contributed by atoms with Crippen LogP contribution < -0.4 is 11.1 Å². The number of hydrogen-bond donors (Lipinski definition) is 3. The van der Waals surface area contributed by atoms with Gasteiger partial charge in [0.05, 0.1) is 4.88 Å². The molecule has 4 nitrogen and oxygen atoms in total. The van der Waals surface area contributed by atoms with Gasteiger partial charge in [-0.1, -0.05) is 11.3 Å². The lowest BCUT2D eigenvalue weighted by Crippen LogP contribution is -2.39. The first-order valence-corrected chi connectivity index (χ1v) is 5.17. The first-order chi connectivity index (χ1) is 6.21. The van der Waals surface area contributed by atoms with E-state index in [1.54, 1.807) is 6.20 Å². The number of piperidine rings is 1. The standard InChI is InChI=1S/C8H13N3OS/c9-7-11-5-6(13-7)8(12)1-3-10-4-2-8/h5,10,12H,1-4H2,(H2,9,11). The van der Waals surface area contributed by atoms with Crippen LogP contribution in [0.3, 0.4) is 0 Å². The largest absolute Gasteiger partial charge is 0.384 e. The van der Waals surface area contributed by atoms with Gasteiger partial charge in [0.1, 0.15) is 5.60 Å². The lowest BCUT2D eigenvalue weighted by Gasteiger charge is -2.31. The van der Waals surface area contributed by atoms with E-state index in [2.05, 4.69) is 10.3 Å². The Morgan fingerprint density at radius 3 is 2.77 bits per heavy atom. The zero-order chi connectivity index (χ0) is 9.31. The van der Waals surface area contributed by atoms with Gasteiger partial charge < -0.3 is 16.2 Å². The van der Waals surface area contributed by atoms with Crippen LogP contribution in [0.25, 0.3) is 0 Å². The molecule has 1 fully saturated rings. The molecule has 5 heteroatoms. The molecule has 0 spiro atoms.